The summed E-state index contributed by atoms with van der Waals surface area (Å²) in [4.78, 5) is 26.3. The van der Waals surface area contributed by atoms with Crippen molar-refractivity contribution >= 4 is 5.78 Å². The fraction of sp³-hybridized carbons (Fsp3) is 0.458. The number of hydrogen-bond acceptors (Lipinski definition) is 5. The molecule has 1 saturated heterocycles. The zero-order valence-corrected chi connectivity index (χ0v) is 17.9. The maximum Gasteiger partial charge on any atom is 0.149 e. The second-order valence-electron chi connectivity index (χ2n) is 8.84. The number of carbonyl (C=O) groups excluding carboxylic acids is 1. The first kappa shape index (κ1) is 20.4. The monoisotopic (exact) mass is 408 g/mol. The molecule has 0 aromatic heterocycles. The number of nitrogens with zero attached hydrogens (tertiary/aromatic N) is 2. The second kappa shape index (κ2) is 7.42. The van der Waals surface area contributed by atoms with Crippen LogP contribution in [-0.2, 0) is 4.79 Å². The molecule has 4 rings (SSSR count). The average molecular weight is 408 g/mol. The van der Waals surface area contributed by atoms with E-state index in [0.717, 1.165) is 30.4 Å². The van der Waals surface area contributed by atoms with Crippen LogP contribution in [0.2, 0.25) is 0 Å². The van der Waals surface area contributed by atoms with Crippen molar-refractivity contribution in [1.82, 2.24) is 5.01 Å². The lowest BCUT2D eigenvalue weighted by molar-refractivity contribution is -0.171. The fourth-order valence-corrected chi connectivity index (χ4v) is 5.72. The lowest BCUT2D eigenvalue weighted by Gasteiger charge is -2.59. The smallest absolute Gasteiger partial charge is 0.149 e. The highest BCUT2D eigenvalue weighted by molar-refractivity contribution is 5.93. The molecular weight excluding hydrogens is 380 g/mol. The van der Waals surface area contributed by atoms with E-state index in [1.807, 2.05) is 62.4 Å². The van der Waals surface area contributed by atoms with Crippen molar-refractivity contribution in [2.75, 3.05) is 14.2 Å². The van der Waals surface area contributed by atoms with Gasteiger partial charge in [-0.15, -0.1) is 4.91 Å². The first-order valence-corrected chi connectivity index (χ1v) is 10.3. The van der Waals surface area contributed by atoms with E-state index in [1.54, 1.807) is 19.2 Å². The molecule has 6 nitrogen and oxygen atoms in total. The van der Waals surface area contributed by atoms with E-state index in [1.165, 1.54) is 0 Å². The van der Waals surface area contributed by atoms with Gasteiger partial charge in [0.15, 0.2) is 0 Å². The van der Waals surface area contributed by atoms with Gasteiger partial charge in [-0.25, -0.2) is 5.01 Å². The highest BCUT2D eigenvalue weighted by Crippen LogP contribution is 2.63. The zero-order chi connectivity index (χ0) is 21.5. The number of piperidine rings is 1. The van der Waals surface area contributed by atoms with Crippen molar-refractivity contribution in [3.05, 3.63) is 64.6 Å². The van der Waals surface area contributed by atoms with Crippen molar-refractivity contribution in [2.24, 2.45) is 16.1 Å². The number of ether oxygens (including phenoxy) is 2. The molecule has 0 N–H and O–H groups in total. The number of benzene rings is 2. The highest BCUT2D eigenvalue weighted by Gasteiger charge is 2.64. The van der Waals surface area contributed by atoms with Crippen molar-refractivity contribution in [2.45, 2.75) is 45.2 Å². The van der Waals surface area contributed by atoms with Crippen LogP contribution in [0.15, 0.2) is 53.8 Å². The Morgan fingerprint density at radius 3 is 1.77 bits per heavy atom. The van der Waals surface area contributed by atoms with E-state index >= 15 is 0 Å². The van der Waals surface area contributed by atoms with Gasteiger partial charge in [0.25, 0.3) is 0 Å². The lowest BCUT2D eigenvalue weighted by Crippen LogP contribution is -2.61. The van der Waals surface area contributed by atoms with Crippen LogP contribution < -0.4 is 9.47 Å². The summed E-state index contributed by atoms with van der Waals surface area (Å²) in [5, 5.41) is 5.15. The van der Waals surface area contributed by atoms with Crippen LogP contribution in [-0.4, -0.2) is 25.0 Å². The van der Waals surface area contributed by atoms with Gasteiger partial charge in [0.05, 0.1) is 42.4 Å². The maximum atomic E-state index is 14.0. The number of hydrogen-bond donors (Lipinski definition) is 0. The van der Waals surface area contributed by atoms with Crippen molar-refractivity contribution in [1.29, 1.82) is 0 Å². The van der Waals surface area contributed by atoms with Crippen LogP contribution >= 0.6 is 0 Å². The van der Waals surface area contributed by atoms with E-state index < -0.39 is 22.9 Å². The van der Waals surface area contributed by atoms with Gasteiger partial charge in [0, 0.05) is 0 Å². The normalized spacial score (nSPS) is 30.7. The van der Waals surface area contributed by atoms with Gasteiger partial charge in [-0.3, -0.25) is 4.79 Å². The highest BCUT2D eigenvalue weighted by atomic mass is 16.5. The summed E-state index contributed by atoms with van der Waals surface area (Å²) in [7, 11) is 3.22. The zero-order valence-electron chi connectivity index (χ0n) is 17.9. The molecular formula is C24H28N2O4. The summed E-state index contributed by atoms with van der Waals surface area (Å²) < 4.78 is 10.8. The fourth-order valence-electron chi connectivity index (χ4n) is 5.72. The van der Waals surface area contributed by atoms with E-state index in [-0.39, 0.29) is 5.78 Å². The molecule has 1 heterocycles. The molecule has 2 bridgehead atoms. The van der Waals surface area contributed by atoms with Gasteiger partial charge < -0.3 is 9.47 Å². The molecule has 1 aliphatic carbocycles. The lowest BCUT2D eigenvalue weighted by atomic mass is 9.52. The summed E-state index contributed by atoms with van der Waals surface area (Å²) in [5.41, 5.74) is 0.314. The summed E-state index contributed by atoms with van der Waals surface area (Å²) >= 11 is 0. The third kappa shape index (κ3) is 2.89. The SMILES string of the molecule is COc1cccc(C2N(N=O)C(c3cccc(OC)c3)C3(C)CCCC2(C)C3=O)c1. The predicted octanol–water partition coefficient (Wildman–Crippen LogP) is 5.25. The third-order valence-electron chi connectivity index (χ3n) is 7.08. The van der Waals surface area contributed by atoms with E-state index in [4.69, 9.17) is 9.47 Å². The Balaban J connectivity index is 1.93. The molecule has 6 heteroatoms. The van der Waals surface area contributed by atoms with Crippen LogP contribution in [0.3, 0.4) is 0 Å². The number of rotatable bonds is 5. The Kier molecular flexibility index (Phi) is 5.04. The first-order chi connectivity index (χ1) is 14.4. The minimum absolute atomic E-state index is 0.196. The van der Waals surface area contributed by atoms with E-state index in [9.17, 15) is 9.70 Å². The predicted molar refractivity (Wildman–Crippen MR) is 114 cm³/mol. The van der Waals surface area contributed by atoms with E-state index in [0.29, 0.717) is 11.5 Å². The van der Waals surface area contributed by atoms with Gasteiger partial charge in [-0.1, -0.05) is 44.5 Å². The van der Waals surface area contributed by atoms with Crippen molar-refractivity contribution in [3.8, 4) is 11.5 Å². The number of methoxy groups -OCH3 is 2. The maximum absolute atomic E-state index is 14.0. The molecule has 2 aromatic rings. The Morgan fingerprint density at radius 1 is 0.900 bits per heavy atom. The summed E-state index contributed by atoms with van der Waals surface area (Å²) in [6.07, 6.45) is 2.37. The number of Topliss-reactive ketones (excluding diaryl/α,β-unsaturated/α-hetero) is 1. The van der Waals surface area contributed by atoms with Gasteiger partial charge in [-0.2, -0.15) is 0 Å². The van der Waals surface area contributed by atoms with Gasteiger partial charge in [-0.05, 0) is 48.2 Å². The molecule has 0 radical (unpaired) electrons. The minimum Gasteiger partial charge on any atom is -0.497 e. The molecule has 4 atom stereocenters. The number of nitroso groups, excluding NO2 is 1. The topological polar surface area (TPSA) is 68.2 Å². The number of fused-ring (bicyclic) bond motifs is 2. The minimum atomic E-state index is -0.706. The Bertz CT molecular complexity index is 906. The van der Waals surface area contributed by atoms with Crippen LogP contribution in [0.5, 0.6) is 11.5 Å². The average Bonchev–Trinajstić information content (AvgIpc) is 2.76. The summed E-state index contributed by atoms with van der Waals surface area (Å²) in [5.74, 6) is 1.58. The van der Waals surface area contributed by atoms with Crippen LogP contribution in [0.25, 0.3) is 0 Å². The number of carbonyl (C=O) groups is 1. The van der Waals surface area contributed by atoms with Gasteiger partial charge in [0.2, 0.25) is 0 Å². The molecule has 2 aliphatic rings. The molecule has 1 saturated carbocycles. The second-order valence-corrected chi connectivity index (χ2v) is 8.84. The Hall–Kier alpha value is -2.89. The molecule has 1 aliphatic heterocycles. The van der Waals surface area contributed by atoms with Gasteiger partial charge in [0.1, 0.15) is 17.3 Å². The molecule has 2 aromatic carbocycles. The first-order valence-electron chi connectivity index (χ1n) is 10.3. The molecule has 4 unspecified atom stereocenters. The molecule has 158 valence electrons. The molecule has 2 fully saturated rings. The molecule has 0 amide bonds. The molecule has 30 heavy (non-hydrogen) atoms. The Morgan fingerprint density at radius 2 is 1.37 bits per heavy atom. The van der Waals surface area contributed by atoms with E-state index in [2.05, 4.69) is 5.29 Å². The third-order valence-corrected chi connectivity index (χ3v) is 7.08. The van der Waals surface area contributed by atoms with Gasteiger partial charge >= 0.3 is 0 Å². The largest absolute Gasteiger partial charge is 0.497 e. The van der Waals surface area contributed by atoms with Crippen LogP contribution in [0.4, 0.5) is 0 Å². The van der Waals surface area contributed by atoms with Crippen molar-refractivity contribution < 1.29 is 14.3 Å². The van der Waals surface area contributed by atoms with Crippen LogP contribution in [0, 0.1) is 15.7 Å². The quantitative estimate of drug-likeness (QED) is 0.632. The van der Waals surface area contributed by atoms with Crippen molar-refractivity contribution in [3.63, 3.8) is 0 Å². The number of ketones is 1. The Labute approximate surface area is 177 Å². The summed E-state index contributed by atoms with van der Waals surface area (Å²) in [6.45, 7) is 3.97. The van der Waals surface area contributed by atoms with Crippen LogP contribution in [0.1, 0.15) is 56.3 Å². The standard InChI is InChI=1S/C24H28N2O4/c1-23-12-7-13-24(2,22(23)27)21(17-9-6-11-19(15-17)30-4)26(25-28)20(23)16-8-5-10-18(14-16)29-3/h5-6,8-11,14-15,20-21H,7,12-13H2,1-4H3. The molecule has 0 spiro atoms. The summed E-state index contributed by atoms with van der Waals surface area (Å²) in [6, 6.07) is 14.3.